The maximum atomic E-state index is 6.22. The van der Waals surface area contributed by atoms with Gasteiger partial charge in [0.2, 0.25) is 0 Å². The van der Waals surface area contributed by atoms with E-state index in [1.165, 1.54) is 6.42 Å². The number of hydrogen-bond acceptors (Lipinski definition) is 2. The lowest BCUT2D eigenvalue weighted by molar-refractivity contribution is 0.361. The van der Waals surface area contributed by atoms with Crippen LogP contribution >= 0.6 is 0 Å². The molecule has 0 aliphatic carbocycles. The highest BCUT2D eigenvalue weighted by Crippen LogP contribution is 2.39. The molecule has 0 bridgehead atoms. The number of rotatable bonds is 8. The molecule has 2 unspecified atom stereocenters. The summed E-state index contributed by atoms with van der Waals surface area (Å²) in [6.07, 6.45) is 9.03. The van der Waals surface area contributed by atoms with Crippen LogP contribution in [0.1, 0.15) is 64.9 Å². The van der Waals surface area contributed by atoms with Crippen molar-refractivity contribution in [3.05, 3.63) is 35.9 Å². The van der Waals surface area contributed by atoms with E-state index >= 15 is 0 Å². The maximum absolute atomic E-state index is 6.22. The van der Waals surface area contributed by atoms with Crippen molar-refractivity contribution in [2.45, 2.75) is 59.3 Å². The van der Waals surface area contributed by atoms with Gasteiger partial charge in [0, 0.05) is 16.9 Å². The number of anilines is 2. The van der Waals surface area contributed by atoms with Crippen LogP contribution in [0.25, 0.3) is 0 Å². The molecule has 2 atom stereocenters. The van der Waals surface area contributed by atoms with E-state index in [0.717, 1.165) is 36.2 Å². The molecule has 1 rings (SSSR count). The molecule has 0 saturated heterocycles. The maximum Gasteiger partial charge on any atom is 0.0370 e. The third kappa shape index (κ3) is 5.45. The minimum absolute atomic E-state index is 0.440. The first-order valence-corrected chi connectivity index (χ1v) is 8.26. The van der Waals surface area contributed by atoms with Gasteiger partial charge in [-0.1, -0.05) is 45.9 Å². The number of allylic oxidation sites excluding steroid dienone is 2. The highest BCUT2D eigenvalue weighted by Gasteiger charge is 2.23. The molecular formula is C19H32N2. The molecule has 1 aromatic carbocycles. The van der Waals surface area contributed by atoms with Gasteiger partial charge in [0.15, 0.2) is 0 Å². The summed E-state index contributed by atoms with van der Waals surface area (Å²) in [4.78, 5) is 0. The molecule has 0 fully saturated rings. The van der Waals surface area contributed by atoms with E-state index in [1.807, 2.05) is 18.2 Å². The number of nitrogen functional groups attached to an aromatic ring is 2. The van der Waals surface area contributed by atoms with E-state index in [2.05, 4.69) is 39.8 Å². The summed E-state index contributed by atoms with van der Waals surface area (Å²) >= 11 is 0. The van der Waals surface area contributed by atoms with Crippen molar-refractivity contribution in [1.82, 2.24) is 0 Å². The molecule has 0 saturated carbocycles. The van der Waals surface area contributed by atoms with Gasteiger partial charge in [-0.3, -0.25) is 0 Å². The molecule has 21 heavy (non-hydrogen) atoms. The third-order valence-electron chi connectivity index (χ3n) is 4.12. The van der Waals surface area contributed by atoms with E-state index in [4.69, 9.17) is 11.5 Å². The summed E-state index contributed by atoms with van der Waals surface area (Å²) < 4.78 is 0. The Hall–Kier alpha value is -1.44. The van der Waals surface area contributed by atoms with Crippen molar-refractivity contribution in [3.8, 4) is 0 Å². The zero-order chi connectivity index (χ0) is 15.8. The Morgan fingerprint density at radius 1 is 1.05 bits per heavy atom. The molecule has 2 nitrogen and oxygen atoms in total. The second-order valence-corrected chi connectivity index (χ2v) is 6.52. The fourth-order valence-electron chi connectivity index (χ4n) is 3.21. The largest absolute Gasteiger partial charge is 0.398 e. The Morgan fingerprint density at radius 3 is 2.19 bits per heavy atom. The SMILES string of the molecule is CC/C=C/CCC(c1c(N)cccc1N)C(C)CC(C)C. The van der Waals surface area contributed by atoms with E-state index in [0.29, 0.717) is 17.8 Å². The first-order chi connectivity index (χ1) is 9.97. The summed E-state index contributed by atoms with van der Waals surface area (Å²) in [6, 6.07) is 5.89. The van der Waals surface area contributed by atoms with E-state index in [1.54, 1.807) is 0 Å². The lowest BCUT2D eigenvalue weighted by atomic mass is 9.78. The average molecular weight is 288 g/mol. The summed E-state index contributed by atoms with van der Waals surface area (Å²) in [7, 11) is 0. The molecule has 1 aromatic rings. The van der Waals surface area contributed by atoms with Crippen LogP contribution in [0.4, 0.5) is 11.4 Å². The van der Waals surface area contributed by atoms with E-state index < -0.39 is 0 Å². The van der Waals surface area contributed by atoms with Gasteiger partial charge in [0.1, 0.15) is 0 Å². The summed E-state index contributed by atoms with van der Waals surface area (Å²) in [6.45, 7) is 9.06. The number of nitrogens with two attached hydrogens (primary N) is 2. The van der Waals surface area contributed by atoms with Gasteiger partial charge >= 0.3 is 0 Å². The molecule has 4 N–H and O–H groups in total. The molecule has 0 heterocycles. The lowest BCUT2D eigenvalue weighted by Gasteiger charge is -2.28. The van der Waals surface area contributed by atoms with Crippen LogP contribution in [0.5, 0.6) is 0 Å². The quantitative estimate of drug-likeness (QED) is 0.499. The number of benzene rings is 1. The van der Waals surface area contributed by atoms with Gasteiger partial charge in [0.05, 0.1) is 0 Å². The summed E-state index contributed by atoms with van der Waals surface area (Å²) in [5, 5.41) is 0. The smallest absolute Gasteiger partial charge is 0.0370 e. The fourth-order valence-corrected chi connectivity index (χ4v) is 3.21. The average Bonchev–Trinajstić information content (AvgIpc) is 2.40. The normalized spacial score (nSPS) is 14.7. The Bertz CT molecular complexity index is 429. The molecule has 118 valence electrons. The molecule has 0 aliphatic heterocycles. The Labute approximate surface area is 130 Å². The monoisotopic (exact) mass is 288 g/mol. The third-order valence-corrected chi connectivity index (χ3v) is 4.12. The highest BCUT2D eigenvalue weighted by atomic mass is 14.6. The predicted molar refractivity (Wildman–Crippen MR) is 95.3 cm³/mol. The minimum Gasteiger partial charge on any atom is -0.398 e. The Morgan fingerprint density at radius 2 is 1.67 bits per heavy atom. The zero-order valence-corrected chi connectivity index (χ0v) is 14.1. The lowest BCUT2D eigenvalue weighted by Crippen LogP contribution is -2.16. The first kappa shape index (κ1) is 17.6. The van der Waals surface area contributed by atoms with Crippen LogP contribution in [-0.4, -0.2) is 0 Å². The van der Waals surface area contributed by atoms with Crippen molar-refractivity contribution < 1.29 is 0 Å². The second-order valence-electron chi connectivity index (χ2n) is 6.52. The predicted octanol–water partition coefficient (Wildman–Crippen LogP) is 5.36. The van der Waals surface area contributed by atoms with Gasteiger partial charge in [-0.05, 0) is 55.6 Å². The number of hydrogen-bond donors (Lipinski definition) is 2. The summed E-state index contributed by atoms with van der Waals surface area (Å²) in [5.41, 5.74) is 15.3. The van der Waals surface area contributed by atoms with Gasteiger partial charge in [-0.15, -0.1) is 0 Å². The van der Waals surface area contributed by atoms with Crippen molar-refractivity contribution in [2.24, 2.45) is 11.8 Å². The van der Waals surface area contributed by atoms with Gasteiger partial charge in [-0.2, -0.15) is 0 Å². The van der Waals surface area contributed by atoms with E-state index in [-0.39, 0.29) is 0 Å². The first-order valence-electron chi connectivity index (χ1n) is 8.26. The fraction of sp³-hybridized carbons (Fsp3) is 0.579. The topological polar surface area (TPSA) is 52.0 Å². The highest BCUT2D eigenvalue weighted by molar-refractivity contribution is 5.63. The molecule has 0 spiro atoms. The molecule has 0 radical (unpaired) electrons. The van der Waals surface area contributed by atoms with Gasteiger partial charge in [-0.25, -0.2) is 0 Å². The van der Waals surface area contributed by atoms with Gasteiger partial charge in [0.25, 0.3) is 0 Å². The van der Waals surface area contributed by atoms with E-state index in [9.17, 15) is 0 Å². The summed E-state index contributed by atoms with van der Waals surface area (Å²) in [5.74, 6) is 1.72. The zero-order valence-electron chi connectivity index (χ0n) is 14.1. The standard InChI is InChI=1S/C19H32N2/c1-5-6-7-8-10-16(15(4)13-14(2)3)19-17(20)11-9-12-18(19)21/h6-7,9,11-12,14-16H,5,8,10,13,20-21H2,1-4H3/b7-6+. The molecule has 0 aromatic heterocycles. The van der Waals surface area contributed by atoms with Crippen molar-refractivity contribution in [1.29, 1.82) is 0 Å². The van der Waals surface area contributed by atoms with Crippen LogP contribution in [0, 0.1) is 11.8 Å². The Kier molecular flexibility index (Phi) is 7.35. The molecule has 2 heteroatoms. The van der Waals surface area contributed by atoms with Crippen LogP contribution in [0.15, 0.2) is 30.4 Å². The van der Waals surface area contributed by atoms with Crippen LogP contribution in [-0.2, 0) is 0 Å². The van der Waals surface area contributed by atoms with Crippen LogP contribution < -0.4 is 11.5 Å². The Balaban J connectivity index is 2.97. The molecule has 0 amide bonds. The van der Waals surface area contributed by atoms with Crippen molar-refractivity contribution >= 4 is 11.4 Å². The van der Waals surface area contributed by atoms with Crippen molar-refractivity contribution in [3.63, 3.8) is 0 Å². The van der Waals surface area contributed by atoms with Crippen molar-refractivity contribution in [2.75, 3.05) is 11.5 Å². The second kappa shape index (κ2) is 8.76. The van der Waals surface area contributed by atoms with Crippen LogP contribution in [0.3, 0.4) is 0 Å². The van der Waals surface area contributed by atoms with Crippen LogP contribution in [0.2, 0.25) is 0 Å². The molecular weight excluding hydrogens is 256 g/mol. The molecule has 0 aliphatic rings. The van der Waals surface area contributed by atoms with Gasteiger partial charge < -0.3 is 11.5 Å². The minimum atomic E-state index is 0.440.